The van der Waals surface area contributed by atoms with Crippen LogP contribution in [0.1, 0.15) is 45.4 Å². The SMILES string of the molecule is CCCCCCCCO[PH](Oc1ccccc1)(Oc1ccccc1)c1ccccc1. The molecule has 3 nitrogen and oxygen atoms in total. The molecule has 3 rings (SSSR count). The summed E-state index contributed by atoms with van der Waals surface area (Å²) in [6.45, 7) is 2.86. The quantitative estimate of drug-likeness (QED) is 0.212. The number of rotatable bonds is 13. The van der Waals surface area contributed by atoms with Gasteiger partial charge in [0.05, 0.1) is 0 Å². The first-order chi connectivity index (χ1) is 14.8. The normalized spacial score (nSPS) is 11.8. The van der Waals surface area contributed by atoms with Crippen LogP contribution in [0.3, 0.4) is 0 Å². The van der Waals surface area contributed by atoms with E-state index in [4.69, 9.17) is 13.6 Å². The van der Waals surface area contributed by atoms with Crippen LogP contribution in [-0.2, 0) is 4.52 Å². The van der Waals surface area contributed by atoms with E-state index in [-0.39, 0.29) is 0 Å². The van der Waals surface area contributed by atoms with Crippen LogP contribution in [0.15, 0.2) is 91.0 Å². The van der Waals surface area contributed by atoms with Gasteiger partial charge in [-0.2, -0.15) is 0 Å². The molecule has 0 amide bonds. The molecule has 0 aliphatic heterocycles. The predicted molar refractivity (Wildman–Crippen MR) is 128 cm³/mol. The van der Waals surface area contributed by atoms with Crippen LogP contribution < -0.4 is 14.4 Å². The van der Waals surface area contributed by atoms with E-state index >= 15 is 0 Å². The molecule has 30 heavy (non-hydrogen) atoms. The van der Waals surface area contributed by atoms with Crippen molar-refractivity contribution >= 4 is 13.2 Å². The number of hydrogen-bond acceptors (Lipinski definition) is 3. The number of hydrogen-bond donors (Lipinski definition) is 0. The molecular formula is C26H33O3P. The second-order valence-corrected chi connectivity index (χ2v) is 9.76. The Morgan fingerprint density at radius 3 is 1.57 bits per heavy atom. The molecule has 4 heteroatoms. The molecule has 160 valence electrons. The van der Waals surface area contributed by atoms with E-state index in [9.17, 15) is 0 Å². The van der Waals surface area contributed by atoms with Crippen molar-refractivity contribution in [1.82, 2.24) is 0 Å². The monoisotopic (exact) mass is 424 g/mol. The summed E-state index contributed by atoms with van der Waals surface area (Å²) >= 11 is 0. The van der Waals surface area contributed by atoms with E-state index in [1.807, 2.05) is 91.0 Å². The summed E-state index contributed by atoms with van der Waals surface area (Å²) < 4.78 is 19.6. The molecular weight excluding hydrogens is 391 g/mol. The molecule has 0 radical (unpaired) electrons. The zero-order valence-corrected chi connectivity index (χ0v) is 18.8. The minimum atomic E-state index is -3.23. The van der Waals surface area contributed by atoms with E-state index in [1.54, 1.807) is 0 Å². The third kappa shape index (κ3) is 6.86. The van der Waals surface area contributed by atoms with Crippen LogP contribution >= 0.6 is 7.94 Å². The molecule has 0 atom stereocenters. The van der Waals surface area contributed by atoms with E-state index in [2.05, 4.69) is 6.92 Å². The molecule has 0 spiro atoms. The Balaban J connectivity index is 1.82. The Kier molecular flexibility index (Phi) is 9.21. The van der Waals surface area contributed by atoms with Gasteiger partial charge in [0, 0.05) is 0 Å². The van der Waals surface area contributed by atoms with E-state index < -0.39 is 7.94 Å². The Labute approximate surface area is 181 Å². The Hall–Kier alpha value is -2.35. The summed E-state index contributed by atoms with van der Waals surface area (Å²) in [6, 6.07) is 29.7. The van der Waals surface area contributed by atoms with E-state index in [0.29, 0.717) is 6.61 Å². The van der Waals surface area contributed by atoms with Gasteiger partial charge >= 0.3 is 181 Å². The van der Waals surface area contributed by atoms with Crippen molar-refractivity contribution in [2.24, 2.45) is 0 Å². The molecule has 0 unspecified atom stereocenters. The predicted octanol–water partition coefficient (Wildman–Crippen LogP) is 7.34. The van der Waals surface area contributed by atoms with E-state index in [0.717, 1.165) is 29.6 Å². The third-order valence-electron chi connectivity index (χ3n) is 4.91. The van der Waals surface area contributed by atoms with Gasteiger partial charge in [-0.3, -0.25) is 0 Å². The molecule has 0 aliphatic rings. The molecule has 0 N–H and O–H groups in total. The summed E-state index contributed by atoms with van der Waals surface area (Å²) in [5, 5.41) is 0.962. The maximum atomic E-state index is 6.53. The van der Waals surface area contributed by atoms with Gasteiger partial charge in [0.1, 0.15) is 0 Å². The summed E-state index contributed by atoms with van der Waals surface area (Å²) in [5.74, 6) is 1.51. The van der Waals surface area contributed by atoms with Crippen LogP contribution in [-0.4, -0.2) is 6.61 Å². The van der Waals surface area contributed by atoms with Crippen LogP contribution in [0.2, 0.25) is 0 Å². The van der Waals surface area contributed by atoms with Crippen molar-refractivity contribution in [3.8, 4) is 11.5 Å². The fourth-order valence-electron chi connectivity index (χ4n) is 3.30. The van der Waals surface area contributed by atoms with Crippen LogP contribution in [0.25, 0.3) is 0 Å². The number of unbranched alkanes of at least 4 members (excludes halogenated alkanes) is 5. The first kappa shape index (κ1) is 22.3. The number of para-hydroxylation sites is 2. The van der Waals surface area contributed by atoms with Gasteiger partial charge in [-0.25, -0.2) is 0 Å². The molecule has 0 aromatic heterocycles. The molecule has 0 heterocycles. The van der Waals surface area contributed by atoms with Crippen molar-refractivity contribution < 1.29 is 13.6 Å². The second-order valence-electron chi connectivity index (χ2n) is 7.37. The average molecular weight is 425 g/mol. The Bertz CT molecular complexity index is 783. The summed E-state index contributed by atoms with van der Waals surface area (Å²) in [7, 11) is -3.23. The maximum absolute atomic E-state index is 6.53. The second kappa shape index (κ2) is 12.4. The first-order valence-corrected chi connectivity index (χ1v) is 12.7. The van der Waals surface area contributed by atoms with Gasteiger partial charge in [0.2, 0.25) is 0 Å². The molecule has 3 aromatic rings. The van der Waals surface area contributed by atoms with Gasteiger partial charge < -0.3 is 0 Å². The van der Waals surface area contributed by atoms with Gasteiger partial charge in [-0.15, -0.1) is 0 Å². The topological polar surface area (TPSA) is 27.7 Å². The zero-order valence-electron chi connectivity index (χ0n) is 17.8. The van der Waals surface area contributed by atoms with Gasteiger partial charge in [-0.05, 0) is 0 Å². The zero-order chi connectivity index (χ0) is 20.9. The Morgan fingerprint density at radius 2 is 1.03 bits per heavy atom. The average Bonchev–Trinajstić information content (AvgIpc) is 2.80. The van der Waals surface area contributed by atoms with Crippen molar-refractivity contribution in [2.75, 3.05) is 6.61 Å². The first-order valence-electron chi connectivity index (χ1n) is 11.0. The molecule has 3 aromatic carbocycles. The minimum absolute atomic E-state index is 0.618. The van der Waals surface area contributed by atoms with Crippen molar-refractivity contribution in [2.45, 2.75) is 45.4 Å². The summed E-state index contributed by atoms with van der Waals surface area (Å²) in [6.07, 6.45) is 7.26. The van der Waals surface area contributed by atoms with Crippen molar-refractivity contribution in [1.29, 1.82) is 0 Å². The molecule has 0 bridgehead atoms. The molecule has 0 saturated heterocycles. The summed E-state index contributed by atoms with van der Waals surface area (Å²) in [4.78, 5) is 0. The standard InChI is InChI=1S/C26H33O3P/c1-2-3-4-5-6-16-23-27-30(26-21-14-9-15-22-26,28-24-17-10-7-11-18-24)29-25-19-12-8-13-20-25/h7-15,17-22,30H,2-6,16,23H2,1H3. The molecule has 0 fully saturated rings. The van der Waals surface area contributed by atoms with E-state index in [1.165, 1.54) is 25.7 Å². The fraction of sp³-hybridized carbons (Fsp3) is 0.308. The Morgan fingerprint density at radius 1 is 0.567 bits per heavy atom. The molecule has 0 aliphatic carbocycles. The van der Waals surface area contributed by atoms with Crippen molar-refractivity contribution in [3.63, 3.8) is 0 Å². The summed E-state index contributed by atoms with van der Waals surface area (Å²) in [5.41, 5.74) is 0. The van der Waals surface area contributed by atoms with Crippen LogP contribution in [0.5, 0.6) is 11.5 Å². The fourth-order valence-corrected chi connectivity index (χ4v) is 5.77. The van der Waals surface area contributed by atoms with Gasteiger partial charge in [0.25, 0.3) is 0 Å². The van der Waals surface area contributed by atoms with Crippen molar-refractivity contribution in [3.05, 3.63) is 91.0 Å². The molecule has 0 saturated carbocycles. The van der Waals surface area contributed by atoms with Gasteiger partial charge in [0.15, 0.2) is 0 Å². The van der Waals surface area contributed by atoms with Crippen LogP contribution in [0.4, 0.5) is 0 Å². The van der Waals surface area contributed by atoms with Crippen LogP contribution in [0, 0.1) is 0 Å². The van der Waals surface area contributed by atoms with Gasteiger partial charge in [-0.1, -0.05) is 0 Å². The third-order valence-corrected chi connectivity index (χ3v) is 7.54. The number of benzene rings is 3.